The van der Waals surface area contributed by atoms with Crippen LogP contribution in [0.3, 0.4) is 0 Å². The van der Waals surface area contributed by atoms with E-state index < -0.39 is 15.6 Å². The van der Waals surface area contributed by atoms with Crippen LogP contribution in [0, 0.1) is 5.92 Å². The fourth-order valence-electron chi connectivity index (χ4n) is 2.80. The summed E-state index contributed by atoms with van der Waals surface area (Å²) < 4.78 is 33.5. The zero-order valence-corrected chi connectivity index (χ0v) is 19.1. The molecule has 2 atom stereocenters. The number of ether oxygens (including phenoxy) is 1. The van der Waals surface area contributed by atoms with Gasteiger partial charge >= 0.3 is 0 Å². The largest absolute Gasteiger partial charge is 0.385 e. The van der Waals surface area contributed by atoms with E-state index >= 15 is 0 Å². The Morgan fingerprint density at radius 2 is 2.25 bits per heavy atom. The third kappa shape index (κ3) is 6.22. The predicted molar refractivity (Wildman–Crippen MR) is 117 cm³/mol. The fraction of sp³-hybridized carbons (Fsp3) is 0.579. The lowest BCUT2D eigenvalue weighted by molar-refractivity contribution is 0.178. The normalized spacial score (nSPS) is 20.1. The Bertz CT molecular complexity index is 862. The van der Waals surface area contributed by atoms with Gasteiger partial charge in [0.05, 0.1) is 10.0 Å². The van der Waals surface area contributed by atoms with Gasteiger partial charge in [0.25, 0.3) is 0 Å². The van der Waals surface area contributed by atoms with Gasteiger partial charge in [-0.25, -0.2) is 13.1 Å². The number of allylic oxidation sites excluding steroid dienone is 1. The van der Waals surface area contributed by atoms with E-state index in [-0.39, 0.29) is 10.8 Å². The number of methoxy groups -OCH3 is 1. The van der Waals surface area contributed by atoms with E-state index in [0.29, 0.717) is 29.7 Å². The molecule has 1 aliphatic rings. The summed E-state index contributed by atoms with van der Waals surface area (Å²) in [6.45, 7) is 6.79. The Morgan fingerprint density at radius 1 is 1.50 bits per heavy atom. The molecule has 2 rings (SSSR count). The van der Waals surface area contributed by atoms with Crippen LogP contribution in [0.5, 0.6) is 0 Å². The summed E-state index contributed by atoms with van der Waals surface area (Å²) in [6, 6.07) is 3.08. The Hall–Kier alpha value is -1.06. The predicted octanol–water partition coefficient (Wildman–Crippen LogP) is 4.32. The van der Waals surface area contributed by atoms with E-state index in [9.17, 15) is 8.42 Å². The maximum absolute atomic E-state index is 12.5. The second-order valence-corrected chi connectivity index (χ2v) is 10.7. The first-order valence-electron chi connectivity index (χ1n) is 9.26. The number of sulfonamides is 1. The Balaban J connectivity index is 2.21. The Kier molecular flexibility index (Phi) is 8.39. The standard InChI is InChI=1S/C19H28ClN3O3S2/c1-5-15(13-22-28(24,25)18-9-8-17(20)27-18)23-19(3,10-11-26-4)16-7-6-14(2)12-21-16/h7-9,12,14,22H,5-6,10-11,13H2,1-4H3. The maximum Gasteiger partial charge on any atom is 0.250 e. The summed E-state index contributed by atoms with van der Waals surface area (Å²) >= 11 is 6.89. The summed E-state index contributed by atoms with van der Waals surface area (Å²) in [5.74, 6) is 0.412. The minimum Gasteiger partial charge on any atom is -0.385 e. The topological polar surface area (TPSA) is 80.1 Å². The lowest BCUT2D eigenvalue weighted by atomic mass is 9.90. The molecule has 1 N–H and O–H groups in total. The highest BCUT2D eigenvalue weighted by atomic mass is 35.5. The van der Waals surface area contributed by atoms with Gasteiger partial charge in [0.1, 0.15) is 9.75 Å². The molecule has 1 aromatic rings. The van der Waals surface area contributed by atoms with Gasteiger partial charge in [-0.15, -0.1) is 11.3 Å². The van der Waals surface area contributed by atoms with E-state index in [2.05, 4.69) is 22.7 Å². The number of halogens is 1. The third-order valence-corrected chi connectivity index (χ3v) is 7.71. The number of aliphatic imine (C=N–C) groups is 2. The summed E-state index contributed by atoms with van der Waals surface area (Å²) in [5, 5.41) is 0. The highest BCUT2D eigenvalue weighted by Crippen LogP contribution is 2.30. The number of nitrogens with zero attached hydrogens (tertiary/aromatic N) is 2. The molecule has 0 aromatic carbocycles. The monoisotopic (exact) mass is 445 g/mol. The highest BCUT2D eigenvalue weighted by Gasteiger charge is 2.30. The summed E-state index contributed by atoms with van der Waals surface area (Å²) in [7, 11) is -1.96. The first kappa shape index (κ1) is 23.2. The summed E-state index contributed by atoms with van der Waals surface area (Å²) in [6.07, 6.45) is 6.28. The smallest absolute Gasteiger partial charge is 0.250 e. The van der Waals surface area contributed by atoms with Crippen LogP contribution < -0.4 is 4.72 Å². The van der Waals surface area contributed by atoms with Gasteiger partial charge in [-0.05, 0) is 37.8 Å². The second-order valence-electron chi connectivity index (χ2n) is 7.01. The van der Waals surface area contributed by atoms with Crippen molar-refractivity contribution in [2.24, 2.45) is 15.9 Å². The minimum atomic E-state index is -3.61. The first-order valence-corrected chi connectivity index (χ1v) is 11.9. The molecule has 156 valence electrons. The van der Waals surface area contributed by atoms with Crippen molar-refractivity contribution < 1.29 is 13.2 Å². The van der Waals surface area contributed by atoms with Crippen molar-refractivity contribution in [2.45, 2.75) is 49.8 Å². The number of hydrogen-bond donors (Lipinski definition) is 1. The van der Waals surface area contributed by atoms with Gasteiger partial charge in [-0.1, -0.05) is 31.5 Å². The van der Waals surface area contributed by atoms with Crippen LogP contribution in [0.4, 0.5) is 0 Å². The minimum absolute atomic E-state index is 0.143. The van der Waals surface area contributed by atoms with Crippen molar-refractivity contribution in [3.8, 4) is 0 Å². The molecule has 28 heavy (non-hydrogen) atoms. The van der Waals surface area contributed by atoms with Crippen molar-refractivity contribution in [1.82, 2.24) is 4.72 Å². The Labute approximate surface area is 176 Å². The van der Waals surface area contributed by atoms with Gasteiger partial charge in [-0.3, -0.25) is 9.98 Å². The summed E-state index contributed by atoms with van der Waals surface area (Å²) in [5.41, 5.74) is 1.11. The molecule has 0 saturated carbocycles. The van der Waals surface area contributed by atoms with Gasteiger partial charge in [0, 0.05) is 38.6 Å². The van der Waals surface area contributed by atoms with Crippen LogP contribution in [0.2, 0.25) is 4.34 Å². The van der Waals surface area contributed by atoms with Crippen molar-refractivity contribution in [3.05, 3.63) is 28.2 Å². The average molecular weight is 446 g/mol. The maximum atomic E-state index is 12.5. The molecule has 0 radical (unpaired) electrons. The molecular formula is C19H28ClN3O3S2. The molecule has 0 saturated heterocycles. The molecule has 2 heterocycles. The average Bonchev–Trinajstić information content (AvgIpc) is 3.11. The zero-order chi connectivity index (χ0) is 20.8. The van der Waals surface area contributed by atoms with Crippen LogP contribution in [-0.2, 0) is 14.8 Å². The molecule has 6 nitrogen and oxygen atoms in total. The molecule has 0 aliphatic carbocycles. The van der Waals surface area contributed by atoms with Crippen molar-refractivity contribution in [3.63, 3.8) is 0 Å². The second kappa shape index (κ2) is 10.1. The molecule has 1 aromatic heterocycles. The van der Waals surface area contributed by atoms with Gasteiger partial charge in [0.2, 0.25) is 10.0 Å². The first-order chi connectivity index (χ1) is 13.2. The van der Waals surface area contributed by atoms with Gasteiger partial charge in [0.15, 0.2) is 0 Å². The number of nitrogens with one attached hydrogen (secondary N) is 1. The molecule has 0 fully saturated rings. The highest BCUT2D eigenvalue weighted by molar-refractivity contribution is 7.91. The van der Waals surface area contributed by atoms with Crippen LogP contribution in [-0.4, -0.2) is 46.1 Å². The third-order valence-electron chi connectivity index (χ3n) is 4.59. The molecule has 1 aliphatic heterocycles. The van der Waals surface area contributed by atoms with E-state index in [1.54, 1.807) is 13.2 Å². The van der Waals surface area contributed by atoms with Crippen LogP contribution in [0.25, 0.3) is 0 Å². The van der Waals surface area contributed by atoms with E-state index in [0.717, 1.165) is 29.2 Å². The zero-order valence-electron chi connectivity index (χ0n) is 16.7. The number of hydrogen-bond acceptors (Lipinski definition) is 6. The molecule has 2 unspecified atom stereocenters. The number of thiophene rings is 1. The van der Waals surface area contributed by atoms with Crippen molar-refractivity contribution in [1.29, 1.82) is 0 Å². The van der Waals surface area contributed by atoms with E-state index in [4.69, 9.17) is 21.3 Å². The molecule has 0 amide bonds. The molecule has 9 heteroatoms. The Morgan fingerprint density at radius 3 is 2.79 bits per heavy atom. The molecule has 0 bridgehead atoms. The van der Waals surface area contributed by atoms with Crippen LogP contribution in [0.1, 0.15) is 40.0 Å². The van der Waals surface area contributed by atoms with E-state index in [1.807, 2.05) is 20.1 Å². The lowest BCUT2D eigenvalue weighted by Crippen LogP contribution is -2.34. The van der Waals surface area contributed by atoms with Gasteiger partial charge < -0.3 is 4.74 Å². The summed E-state index contributed by atoms with van der Waals surface area (Å²) in [4.78, 5) is 9.52. The number of rotatable bonds is 10. The van der Waals surface area contributed by atoms with Crippen LogP contribution in [0.15, 0.2) is 38.1 Å². The quantitative estimate of drug-likeness (QED) is 0.544. The fourth-order valence-corrected chi connectivity index (χ4v) is 5.35. The molecule has 0 spiro atoms. The lowest BCUT2D eigenvalue weighted by Gasteiger charge is -2.29. The van der Waals surface area contributed by atoms with Crippen molar-refractivity contribution >= 4 is 44.9 Å². The molecular weight excluding hydrogens is 418 g/mol. The van der Waals surface area contributed by atoms with Crippen molar-refractivity contribution in [2.75, 3.05) is 20.3 Å². The van der Waals surface area contributed by atoms with Crippen LogP contribution >= 0.6 is 22.9 Å². The van der Waals surface area contributed by atoms with E-state index in [1.165, 1.54) is 6.07 Å². The SMILES string of the molecule is CCC(CNS(=O)(=O)c1ccc(Cl)s1)=NC(C)(CCOC)C1=CCC(C)C=N1. The van der Waals surface area contributed by atoms with Gasteiger partial charge in [-0.2, -0.15) is 0 Å².